The average Bonchev–Trinajstić information content (AvgIpc) is 2.47. The Bertz CT molecular complexity index is 586. The molecule has 1 amide bonds. The molecule has 0 aliphatic rings. The van der Waals surface area contributed by atoms with Gasteiger partial charge in [-0.15, -0.1) is 0 Å². The minimum absolute atomic E-state index is 0.257. The van der Waals surface area contributed by atoms with Crippen molar-refractivity contribution in [3.8, 4) is 0 Å². The van der Waals surface area contributed by atoms with Crippen LogP contribution in [-0.4, -0.2) is 22.4 Å². The van der Waals surface area contributed by atoms with E-state index in [1.807, 2.05) is 19.1 Å². The lowest BCUT2D eigenvalue weighted by Crippen LogP contribution is -2.24. The first-order chi connectivity index (χ1) is 9.69. The second-order valence-corrected chi connectivity index (χ2v) is 4.57. The molecule has 0 atom stereocenters. The standard InChI is InChI=1S/C14H15ClN4O/c1-2-17-13-9-16-8-12(19-13)14(20)18-7-10-3-5-11(15)6-4-10/h3-6,8-9H,2,7H2,1H3,(H,17,19)(H,18,20). The van der Waals surface area contributed by atoms with Crippen molar-refractivity contribution in [1.29, 1.82) is 0 Å². The fourth-order valence-electron chi connectivity index (χ4n) is 1.62. The van der Waals surface area contributed by atoms with Gasteiger partial charge in [0.25, 0.3) is 5.91 Å². The summed E-state index contributed by atoms with van der Waals surface area (Å²) >= 11 is 5.80. The van der Waals surface area contributed by atoms with Gasteiger partial charge in [-0.25, -0.2) is 4.98 Å². The Hall–Kier alpha value is -2.14. The molecule has 0 unspecified atom stereocenters. The molecule has 0 saturated carbocycles. The zero-order valence-corrected chi connectivity index (χ0v) is 11.8. The third kappa shape index (κ3) is 3.93. The number of amides is 1. The van der Waals surface area contributed by atoms with Gasteiger partial charge in [0.2, 0.25) is 0 Å². The summed E-state index contributed by atoms with van der Waals surface area (Å²) in [5.41, 5.74) is 1.26. The maximum absolute atomic E-state index is 12.0. The molecule has 1 heterocycles. The number of carbonyl (C=O) groups is 1. The molecular weight excluding hydrogens is 276 g/mol. The van der Waals surface area contributed by atoms with E-state index >= 15 is 0 Å². The van der Waals surface area contributed by atoms with Gasteiger partial charge in [0, 0.05) is 18.1 Å². The Morgan fingerprint density at radius 2 is 2.00 bits per heavy atom. The minimum atomic E-state index is -0.257. The van der Waals surface area contributed by atoms with Crippen molar-refractivity contribution in [2.24, 2.45) is 0 Å². The Kier molecular flexibility index (Phi) is 4.90. The largest absolute Gasteiger partial charge is 0.369 e. The van der Waals surface area contributed by atoms with Crippen LogP contribution in [0.5, 0.6) is 0 Å². The van der Waals surface area contributed by atoms with Crippen molar-refractivity contribution in [2.75, 3.05) is 11.9 Å². The van der Waals surface area contributed by atoms with Gasteiger partial charge in [-0.05, 0) is 24.6 Å². The number of rotatable bonds is 5. The van der Waals surface area contributed by atoms with E-state index in [4.69, 9.17) is 11.6 Å². The van der Waals surface area contributed by atoms with Gasteiger partial charge in [-0.3, -0.25) is 9.78 Å². The second kappa shape index (κ2) is 6.86. The van der Waals surface area contributed by atoms with Gasteiger partial charge < -0.3 is 10.6 Å². The first-order valence-corrected chi connectivity index (χ1v) is 6.65. The third-order valence-corrected chi connectivity index (χ3v) is 2.84. The molecule has 0 bridgehead atoms. The Balaban J connectivity index is 1.97. The fraction of sp³-hybridized carbons (Fsp3) is 0.214. The van der Waals surface area contributed by atoms with E-state index in [0.717, 1.165) is 12.1 Å². The Labute approximate surface area is 122 Å². The van der Waals surface area contributed by atoms with E-state index in [9.17, 15) is 4.79 Å². The zero-order valence-electron chi connectivity index (χ0n) is 11.1. The summed E-state index contributed by atoms with van der Waals surface area (Å²) in [4.78, 5) is 20.1. The SMILES string of the molecule is CCNc1cncc(C(=O)NCc2ccc(Cl)cc2)n1. The summed E-state index contributed by atoms with van der Waals surface area (Å²) < 4.78 is 0. The number of halogens is 1. The fourth-order valence-corrected chi connectivity index (χ4v) is 1.74. The highest BCUT2D eigenvalue weighted by atomic mass is 35.5. The van der Waals surface area contributed by atoms with Crippen LogP contribution < -0.4 is 10.6 Å². The molecule has 2 N–H and O–H groups in total. The number of aromatic nitrogens is 2. The topological polar surface area (TPSA) is 66.9 Å². The second-order valence-electron chi connectivity index (χ2n) is 4.13. The van der Waals surface area contributed by atoms with E-state index in [1.165, 1.54) is 6.20 Å². The molecule has 0 spiro atoms. The summed E-state index contributed by atoms with van der Waals surface area (Å²) in [5, 5.41) is 6.48. The summed E-state index contributed by atoms with van der Waals surface area (Å²) in [5.74, 6) is 0.332. The molecule has 0 aliphatic carbocycles. The average molecular weight is 291 g/mol. The number of hydrogen-bond acceptors (Lipinski definition) is 4. The van der Waals surface area contributed by atoms with Crippen LogP contribution >= 0.6 is 11.6 Å². The highest BCUT2D eigenvalue weighted by Crippen LogP contribution is 2.09. The van der Waals surface area contributed by atoms with Gasteiger partial charge in [-0.2, -0.15) is 0 Å². The number of benzene rings is 1. The lowest BCUT2D eigenvalue weighted by atomic mass is 10.2. The van der Waals surface area contributed by atoms with Gasteiger partial charge in [-0.1, -0.05) is 23.7 Å². The van der Waals surface area contributed by atoms with Crippen LogP contribution in [0.15, 0.2) is 36.7 Å². The van der Waals surface area contributed by atoms with Crippen LogP contribution in [-0.2, 0) is 6.54 Å². The number of nitrogens with zero attached hydrogens (tertiary/aromatic N) is 2. The number of nitrogens with one attached hydrogen (secondary N) is 2. The van der Waals surface area contributed by atoms with Gasteiger partial charge >= 0.3 is 0 Å². The van der Waals surface area contributed by atoms with Crippen molar-refractivity contribution in [3.63, 3.8) is 0 Å². The van der Waals surface area contributed by atoms with Crippen LogP contribution in [0, 0.1) is 0 Å². The summed E-state index contributed by atoms with van der Waals surface area (Å²) in [6, 6.07) is 7.30. The number of anilines is 1. The lowest BCUT2D eigenvalue weighted by Gasteiger charge is -2.06. The van der Waals surface area contributed by atoms with Crippen molar-refractivity contribution in [1.82, 2.24) is 15.3 Å². The highest BCUT2D eigenvalue weighted by Gasteiger charge is 2.08. The molecular formula is C14H15ClN4O. The molecule has 2 rings (SSSR count). The zero-order chi connectivity index (χ0) is 14.4. The number of carbonyl (C=O) groups excluding carboxylic acids is 1. The molecule has 2 aromatic rings. The van der Waals surface area contributed by atoms with Crippen molar-refractivity contribution >= 4 is 23.3 Å². The van der Waals surface area contributed by atoms with Gasteiger partial charge in [0.15, 0.2) is 0 Å². The monoisotopic (exact) mass is 290 g/mol. The summed E-state index contributed by atoms with van der Waals surface area (Å²) in [6.45, 7) is 3.10. The predicted molar refractivity (Wildman–Crippen MR) is 78.8 cm³/mol. The van der Waals surface area contributed by atoms with E-state index in [-0.39, 0.29) is 11.6 Å². The first-order valence-electron chi connectivity index (χ1n) is 6.27. The molecule has 1 aromatic heterocycles. The molecule has 0 aliphatic heterocycles. The summed E-state index contributed by atoms with van der Waals surface area (Å²) in [6.07, 6.45) is 3.03. The van der Waals surface area contributed by atoms with Crippen LogP contribution in [0.25, 0.3) is 0 Å². The molecule has 20 heavy (non-hydrogen) atoms. The predicted octanol–water partition coefficient (Wildman–Crippen LogP) is 2.49. The van der Waals surface area contributed by atoms with Crippen molar-refractivity contribution in [2.45, 2.75) is 13.5 Å². The normalized spacial score (nSPS) is 10.1. The quantitative estimate of drug-likeness (QED) is 0.888. The van der Waals surface area contributed by atoms with Crippen molar-refractivity contribution < 1.29 is 4.79 Å². The molecule has 6 heteroatoms. The molecule has 104 valence electrons. The maximum Gasteiger partial charge on any atom is 0.271 e. The number of hydrogen-bond donors (Lipinski definition) is 2. The van der Waals surface area contributed by atoms with Crippen LogP contribution in [0.1, 0.15) is 23.0 Å². The minimum Gasteiger partial charge on any atom is -0.369 e. The Morgan fingerprint density at radius 3 is 2.70 bits per heavy atom. The van der Waals surface area contributed by atoms with Gasteiger partial charge in [0.05, 0.1) is 12.4 Å². The molecule has 1 aromatic carbocycles. The smallest absolute Gasteiger partial charge is 0.271 e. The van der Waals surface area contributed by atoms with E-state index in [1.54, 1.807) is 18.3 Å². The molecule has 5 nitrogen and oxygen atoms in total. The summed E-state index contributed by atoms with van der Waals surface area (Å²) in [7, 11) is 0. The molecule has 0 saturated heterocycles. The maximum atomic E-state index is 12.0. The van der Waals surface area contributed by atoms with Crippen LogP contribution in [0.2, 0.25) is 5.02 Å². The highest BCUT2D eigenvalue weighted by molar-refractivity contribution is 6.30. The van der Waals surface area contributed by atoms with Gasteiger partial charge in [0.1, 0.15) is 11.5 Å². The van der Waals surface area contributed by atoms with E-state index in [2.05, 4.69) is 20.6 Å². The lowest BCUT2D eigenvalue weighted by molar-refractivity contribution is 0.0945. The van der Waals surface area contributed by atoms with E-state index < -0.39 is 0 Å². The molecule has 0 radical (unpaired) electrons. The Morgan fingerprint density at radius 1 is 1.25 bits per heavy atom. The van der Waals surface area contributed by atoms with Crippen LogP contribution in [0.3, 0.4) is 0 Å². The molecule has 0 fully saturated rings. The van der Waals surface area contributed by atoms with E-state index in [0.29, 0.717) is 17.4 Å². The van der Waals surface area contributed by atoms with Crippen LogP contribution in [0.4, 0.5) is 5.82 Å². The third-order valence-electron chi connectivity index (χ3n) is 2.59. The van der Waals surface area contributed by atoms with Crippen molar-refractivity contribution in [3.05, 3.63) is 52.9 Å². The first kappa shape index (κ1) is 14.3.